The molecule has 0 heterocycles. The molecule has 0 aliphatic rings. The summed E-state index contributed by atoms with van der Waals surface area (Å²) in [5.41, 5.74) is 0. The van der Waals surface area contributed by atoms with E-state index in [9.17, 15) is 4.89 Å². The molecule has 0 bridgehead atoms. The second-order valence-electron chi connectivity index (χ2n) is 4.94. The Kier molecular flexibility index (Phi) is 17.5. The summed E-state index contributed by atoms with van der Waals surface area (Å²) in [4.78, 5) is 9.53. The summed E-state index contributed by atoms with van der Waals surface area (Å²) in [6.45, 7) is 3.35. The molecule has 0 radical (unpaired) electrons. The Morgan fingerprint density at radius 1 is 0.700 bits per heavy atom. The summed E-state index contributed by atoms with van der Waals surface area (Å²) in [6.07, 6.45) is 9.12. The summed E-state index contributed by atoms with van der Waals surface area (Å²) >= 11 is 0. The van der Waals surface area contributed by atoms with Crippen LogP contribution in [0.15, 0.2) is 0 Å². The van der Waals surface area contributed by atoms with Crippen molar-refractivity contribution < 1.29 is 13.9 Å². The fourth-order valence-corrected chi connectivity index (χ4v) is 2.48. The quantitative estimate of drug-likeness (QED) is 0.302. The molecule has 20 heavy (non-hydrogen) atoms. The van der Waals surface area contributed by atoms with Crippen molar-refractivity contribution in [2.24, 2.45) is 0 Å². The Morgan fingerprint density at radius 2 is 1.10 bits per heavy atom. The highest BCUT2D eigenvalue weighted by molar-refractivity contribution is 7.40. The van der Waals surface area contributed by atoms with Gasteiger partial charge in [0.05, 0.1) is 13.2 Å². The van der Waals surface area contributed by atoms with Crippen LogP contribution >= 0.6 is 8.60 Å². The highest BCUT2D eigenvalue weighted by atomic mass is 31.2. The van der Waals surface area contributed by atoms with Crippen molar-refractivity contribution in [3.8, 4) is 0 Å². The molecule has 3 N–H and O–H groups in total. The zero-order valence-electron chi connectivity index (χ0n) is 13.2. The van der Waals surface area contributed by atoms with E-state index in [0.29, 0.717) is 13.2 Å². The molecular weight excluding hydrogens is 275 g/mol. The predicted octanol–water partition coefficient (Wildman–Crippen LogP) is 2.80. The van der Waals surface area contributed by atoms with Gasteiger partial charge in [-0.15, -0.1) is 0 Å². The first-order chi connectivity index (χ1) is 9.81. The van der Waals surface area contributed by atoms with E-state index in [4.69, 9.17) is 9.05 Å². The normalized spacial score (nSPS) is 11.4. The minimum Gasteiger partial charge on any atom is -0.328 e. The smallest absolute Gasteiger partial charge is 0.328 e. The molecule has 0 aliphatic carbocycles. The van der Waals surface area contributed by atoms with Crippen LogP contribution in [0.1, 0.15) is 51.4 Å². The average molecular weight is 308 g/mol. The van der Waals surface area contributed by atoms with Crippen LogP contribution in [0, 0.1) is 0 Å². The van der Waals surface area contributed by atoms with E-state index in [1.807, 2.05) is 14.1 Å². The summed E-state index contributed by atoms with van der Waals surface area (Å²) < 4.78 is 10.5. The Bertz CT molecular complexity index is 170. The van der Waals surface area contributed by atoms with E-state index in [1.165, 1.54) is 25.7 Å². The molecule has 6 heteroatoms. The molecule has 0 aliphatic heterocycles. The van der Waals surface area contributed by atoms with Crippen molar-refractivity contribution in [3.63, 3.8) is 0 Å². The van der Waals surface area contributed by atoms with Crippen LogP contribution in [-0.4, -0.2) is 45.3 Å². The third-order valence-electron chi connectivity index (χ3n) is 3.05. The van der Waals surface area contributed by atoms with Crippen molar-refractivity contribution in [3.05, 3.63) is 0 Å². The highest BCUT2D eigenvalue weighted by Crippen LogP contribution is 2.33. The van der Waals surface area contributed by atoms with Gasteiger partial charge in [-0.1, -0.05) is 25.7 Å². The second-order valence-corrected chi connectivity index (χ2v) is 5.93. The molecule has 0 fully saturated rings. The maximum absolute atomic E-state index is 9.53. The van der Waals surface area contributed by atoms with Crippen LogP contribution in [-0.2, 0) is 9.05 Å². The van der Waals surface area contributed by atoms with Gasteiger partial charge in [-0.2, -0.15) is 0 Å². The Hall–Kier alpha value is 0.230. The molecule has 0 saturated heterocycles. The van der Waals surface area contributed by atoms with Crippen molar-refractivity contribution in [2.45, 2.75) is 51.4 Å². The van der Waals surface area contributed by atoms with Crippen LogP contribution in [0.5, 0.6) is 0 Å². The molecule has 0 aromatic rings. The fourth-order valence-electron chi connectivity index (χ4n) is 1.84. The minimum atomic E-state index is -1.66. The van der Waals surface area contributed by atoms with E-state index >= 15 is 0 Å². The summed E-state index contributed by atoms with van der Waals surface area (Å²) in [7, 11) is 2.28. The van der Waals surface area contributed by atoms with Crippen molar-refractivity contribution in [1.29, 1.82) is 0 Å². The zero-order valence-corrected chi connectivity index (χ0v) is 14.1. The van der Waals surface area contributed by atoms with Crippen LogP contribution in [0.3, 0.4) is 0 Å². The molecule has 0 amide bonds. The molecule has 0 atom stereocenters. The highest BCUT2D eigenvalue weighted by Gasteiger charge is 2.05. The van der Waals surface area contributed by atoms with Gasteiger partial charge in [0, 0.05) is 0 Å². The molecule has 122 valence electrons. The van der Waals surface area contributed by atoms with Crippen LogP contribution in [0.2, 0.25) is 0 Å². The number of rotatable bonds is 16. The van der Waals surface area contributed by atoms with Crippen LogP contribution in [0.25, 0.3) is 0 Å². The van der Waals surface area contributed by atoms with Gasteiger partial charge in [0.1, 0.15) is 0 Å². The molecule has 0 spiro atoms. The Morgan fingerprint density at radius 3 is 1.50 bits per heavy atom. The lowest BCUT2D eigenvalue weighted by molar-refractivity contribution is 0.194. The van der Waals surface area contributed by atoms with Gasteiger partial charge in [-0.25, -0.2) is 0 Å². The maximum atomic E-state index is 9.53. The fraction of sp³-hybridized carbons (Fsp3) is 1.00. The van der Waals surface area contributed by atoms with Gasteiger partial charge in [-0.05, 0) is 52.9 Å². The monoisotopic (exact) mass is 308 g/mol. The topological polar surface area (TPSA) is 62.8 Å². The number of hydrogen-bond acceptors (Lipinski definition) is 5. The molecule has 0 aromatic heterocycles. The standard InChI is InChI=1S/C14H33N2O3P/c1-15-11-7-3-5-9-13-18-20(17)19-14-10-6-4-8-12-16-2/h15-17H,3-14H2,1-2H3. The predicted molar refractivity (Wildman–Crippen MR) is 85.8 cm³/mol. The molecule has 0 aromatic carbocycles. The zero-order chi connectivity index (χ0) is 14.9. The van der Waals surface area contributed by atoms with Crippen LogP contribution < -0.4 is 10.6 Å². The van der Waals surface area contributed by atoms with Crippen molar-refractivity contribution in [1.82, 2.24) is 10.6 Å². The van der Waals surface area contributed by atoms with Gasteiger partial charge < -0.3 is 24.6 Å². The third-order valence-corrected chi connectivity index (χ3v) is 3.85. The third kappa shape index (κ3) is 16.3. The Balaban J connectivity index is 3.11. The molecule has 5 nitrogen and oxygen atoms in total. The van der Waals surface area contributed by atoms with Gasteiger partial charge in [-0.3, -0.25) is 0 Å². The summed E-state index contributed by atoms with van der Waals surface area (Å²) in [5, 5.41) is 6.26. The molecule has 0 unspecified atom stereocenters. The molecule has 0 saturated carbocycles. The molecular formula is C14H33N2O3P. The average Bonchev–Trinajstić information content (AvgIpc) is 2.45. The first kappa shape index (κ1) is 20.2. The number of unbranched alkanes of at least 4 members (excludes halogenated alkanes) is 6. The van der Waals surface area contributed by atoms with Gasteiger partial charge in [0.2, 0.25) is 0 Å². The molecule has 0 rings (SSSR count). The SMILES string of the molecule is CNCCCCCCOP(O)OCCCCCCNC. The van der Waals surface area contributed by atoms with E-state index in [0.717, 1.165) is 38.8 Å². The number of hydrogen-bond donors (Lipinski definition) is 3. The van der Waals surface area contributed by atoms with E-state index in [1.54, 1.807) is 0 Å². The second kappa shape index (κ2) is 17.3. The van der Waals surface area contributed by atoms with Crippen molar-refractivity contribution in [2.75, 3.05) is 40.4 Å². The first-order valence-electron chi connectivity index (χ1n) is 7.85. The largest absolute Gasteiger partial charge is 0.329 e. The lowest BCUT2D eigenvalue weighted by Gasteiger charge is -2.10. The van der Waals surface area contributed by atoms with Crippen LogP contribution in [0.4, 0.5) is 0 Å². The Labute approximate surface area is 125 Å². The first-order valence-corrected chi connectivity index (χ1v) is 8.98. The lowest BCUT2D eigenvalue weighted by atomic mass is 10.2. The summed E-state index contributed by atoms with van der Waals surface area (Å²) in [5.74, 6) is 0. The minimum absolute atomic E-state index is 0.601. The van der Waals surface area contributed by atoms with E-state index in [2.05, 4.69) is 10.6 Å². The van der Waals surface area contributed by atoms with Gasteiger partial charge >= 0.3 is 8.60 Å². The van der Waals surface area contributed by atoms with Crippen molar-refractivity contribution >= 4 is 8.60 Å². The van der Waals surface area contributed by atoms with Gasteiger partial charge in [0.25, 0.3) is 0 Å². The van der Waals surface area contributed by atoms with Gasteiger partial charge in [0.15, 0.2) is 0 Å². The maximum Gasteiger partial charge on any atom is 0.329 e. The number of nitrogens with one attached hydrogen (secondary N) is 2. The lowest BCUT2D eigenvalue weighted by Crippen LogP contribution is -2.07. The summed E-state index contributed by atoms with van der Waals surface area (Å²) in [6, 6.07) is 0. The van der Waals surface area contributed by atoms with E-state index < -0.39 is 8.60 Å². The van der Waals surface area contributed by atoms with E-state index in [-0.39, 0.29) is 0 Å².